The van der Waals surface area contributed by atoms with Gasteiger partial charge in [0.05, 0.1) is 39.6 Å². The number of alkyl carbamates (subject to hydrolysis) is 1. The highest BCUT2D eigenvalue weighted by Gasteiger charge is 2.15. The number of amides is 1. The van der Waals surface area contributed by atoms with Gasteiger partial charge in [-0.15, -0.1) is 0 Å². The van der Waals surface area contributed by atoms with Crippen LogP contribution in [0.25, 0.3) is 0 Å². The van der Waals surface area contributed by atoms with Crippen LogP contribution >= 0.6 is 0 Å². The van der Waals surface area contributed by atoms with E-state index in [0.717, 1.165) is 0 Å². The Hall–Kier alpha value is -1.38. The average Bonchev–Trinajstić information content (AvgIpc) is 2.41. The van der Waals surface area contributed by atoms with Gasteiger partial charge in [-0.1, -0.05) is 0 Å². The van der Waals surface area contributed by atoms with Crippen molar-refractivity contribution in [1.29, 1.82) is 0 Å². The maximum atomic E-state index is 11.3. The first-order valence-electron chi connectivity index (χ1n) is 7.64. The lowest BCUT2D eigenvalue weighted by Gasteiger charge is -2.19. The molecule has 0 unspecified atom stereocenters. The zero-order chi connectivity index (χ0) is 17.6. The van der Waals surface area contributed by atoms with Crippen molar-refractivity contribution in [3.8, 4) is 0 Å². The molecular weight excluding hydrogens is 306 g/mol. The van der Waals surface area contributed by atoms with Crippen molar-refractivity contribution in [3.63, 3.8) is 0 Å². The van der Waals surface area contributed by atoms with Crippen LogP contribution in [-0.4, -0.2) is 70.5 Å². The van der Waals surface area contributed by atoms with Crippen LogP contribution in [0.5, 0.6) is 0 Å². The van der Waals surface area contributed by atoms with Crippen molar-refractivity contribution in [3.05, 3.63) is 0 Å². The molecule has 8 nitrogen and oxygen atoms in total. The summed E-state index contributed by atoms with van der Waals surface area (Å²) >= 11 is 0. The van der Waals surface area contributed by atoms with Gasteiger partial charge in [0.2, 0.25) is 0 Å². The summed E-state index contributed by atoms with van der Waals surface area (Å²) in [6.07, 6.45) is -0.455. The molecular formula is C15H29NO7. The summed E-state index contributed by atoms with van der Waals surface area (Å²) in [5.74, 6) is -0.317. The summed E-state index contributed by atoms with van der Waals surface area (Å²) in [4.78, 5) is 21.8. The average molecular weight is 335 g/mol. The maximum Gasteiger partial charge on any atom is 0.407 e. The van der Waals surface area contributed by atoms with Crippen LogP contribution in [0.3, 0.4) is 0 Å². The summed E-state index contributed by atoms with van der Waals surface area (Å²) in [6.45, 7) is 9.91. The summed E-state index contributed by atoms with van der Waals surface area (Å²) < 4.78 is 25.6. The van der Waals surface area contributed by atoms with E-state index in [4.69, 9.17) is 23.7 Å². The molecule has 136 valence electrons. The first-order chi connectivity index (χ1) is 10.8. The molecule has 0 rings (SSSR count). The third kappa shape index (κ3) is 18.6. The Kier molecular flexibility index (Phi) is 12.3. The minimum absolute atomic E-state index is 0.253. The van der Waals surface area contributed by atoms with Crippen molar-refractivity contribution in [1.82, 2.24) is 5.32 Å². The first-order valence-corrected chi connectivity index (χ1v) is 7.64. The Morgan fingerprint density at radius 3 is 1.78 bits per heavy atom. The topological polar surface area (TPSA) is 92.3 Å². The van der Waals surface area contributed by atoms with Crippen LogP contribution in [0.2, 0.25) is 0 Å². The van der Waals surface area contributed by atoms with Gasteiger partial charge in [-0.3, -0.25) is 4.79 Å². The molecule has 0 aromatic carbocycles. The van der Waals surface area contributed by atoms with Crippen LogP contribution in [0.4, 0.5) is 4.79 Å². The Labute approximate surface area is 137 Å². The van der Waals surface area contributed by atoms with Crippen LogP contribution in [-0.2, 0) is 28.5 Å². The van der Waals surface area contributed by atoms with Gasteiger partial charge < -0.3 is 29.0 Å². The molecule has 0 heterocycles. The lowest BCUT2D eigenvalue weighted by Crippen LogP contribution is -2.34. The molecule has 0 saturated heterocycles. The van der Waals surface area contributed by atoms with E-state index in [1.165, 1.54) is 6.92 Å². The van der Waals surface area contributed by atoms with Crippen molar-refractivity contribution >= 4 is 12.1 Å². The highest BCUT2D eigenvalue weighted by atomic mass is 16.6. The first kappa shape index (κ1) is 21.6. The molecule has 0 aromatic heterocycles. The zero-order valence-electron chi connectivity index (χ0n) is 14.5. The molecule has 1 N–H and O–H groups in total. The fraction of sp³-hybridized carbons (Fsp3) is 0.867. The number of hydrogen-bond donors (Lipinski definition) is 1. The fourth-order valence-electron chi connectivity index (χ4n) is 1.33. The number of ether oxygens (including phenoxy) is 5. The second kappa shape index (κ2) is 13.1. The van der Waals surface area contributed by atoms with Crippen LogP contribution in [0, 0.1) is 0 Å². The van der Waals surface area contributed by atoms with Crippen LogP contribution < -0.4 is 5.32 Å². The third-order valence-electron chi connectivity index (χ3n) is 2.19. The van der Waals surface area contributed by atoms with E-state index in [-0.39, 0.29) is 12.6 Å². The van der Waals surface area contributed by atoms with Crippen molar-refractivity contribution in [2.45, 2.75) is 33.3 Å². The SMILES string of the molecule is CC(=O)OCCOCCOCCOCCNC(=O)OC(C)(C)C. The van der Waals surface area contributed by atoms with Gasteiger partial charge in [0.25, 0.3) is 0 Å². The zero-order valence-corrected chi connectivity index (χ0v) is 14.5. The molecule has 1 amide bonds. The number of esters is 1. The molecule has 0 aliphatic heterocycles. The Bertz CT molecular complexity index is 328. The highest BCUT2D eigenvalue weighted by molar-refractivity contribution is 5.67. The van der Waals surface area contributed by atoms with E-state index in [2.05, 4.69) is 5.32 Å². The quantitative estimate of drug-likeness (QED) is 0.422. The van der Waals surface area contributed by atoms with Crippen LogP contribution in [0.1, 0.15) is 27.7 Å². The number of hydrogen-bond acceptors (Lipinski definition) is 7. The van der Waals surface area contributed by atoms with Gasteiger partial charge in [0.15, 0.2) is 0 Å². The van der Waals surface area contributed by atoms with E-state index < -0.39 is 11.7 Å². The molecule has 0 spiro atoms. The van der Waals surface area contributed by atoms with E-state index in [9.17, 15) is 9.59 Å². The summed E-state index contributed by atoms with van der Waals surface area (Å²) in [7, 11) is 0. The summed E-state index contributed by atoms with van der Waals surface area (Å²) in [6, 6.07) is 0. The Morgan fingerprint density at radius 1 is 0.826 bits per heavy atom. The standard InChI is InChI=1S/C15H29NO7/c1-13(17)22-12-11-21-10-9-20-8-7-19-6-5-16-14(18)23-15(2,3)4/h5-12H2,1-4H3,(H,16,18). The molecule has 23 heavy (non-hydrogen) atoms. The normalized spacial score (nSPS) is 11.1. The second-order valence-corrected chi connectivity index (χ2v) is 5.61. The van der Waals surface area contributed by atoms with E-state index in [0.29, 0.717) is 46.2 Å². The van der Waals surface area contributed by atoms with Crippen molar-refractivity contribution in [2.24, 2.45) is 0 Å². The van der Waals surface area contributed by atoms with E-state index in [1.54, 1.807) is 20.8 Å². The third-order valence-corrected chi connectivity index (χ3v) is 2.19. The Balaban J connectivity index is 3.19. The molecule has 0 aromatic rings. The molecule has 0 saturated carbocycles. The molecule has 0 aliphatic rings. The number of carbonyl (C=O) groups is 2. The monoisotopic (exact) mass is 335 g/mol. The van der Waals surface area contributed by atoms with Gasteiger partial charge in [-0.2, -0.15) is 0 Å². The largest absolute Gasteiger partial charge is 0.463 e. The minimum Gasteiger partial charge on any atom is -0.463 e. The van der Waals surface area contributed by atoms with E-state index >= 15 is 0 Å². The molecule has 0 aliphatic carbocycles. The van der Waals surface area contributed by atoms with Gasteiger partial charge in [-0.25, -0.2) is 4.79 Å². The van der Waals surface area contributed by atoms with Gasteiger partial charge in [0, 0.05) is 13.5 Å². The van der Waals surface area contributed by atoms with Gasteiger partial charge >= 0.3 is 12.1 Å². The number of rotatable bonds is 12. The lowest BCUT2D eigenvalue weighted by molar-refractivity contribution is -0.142. The smallest absolute Gasteiger partial charge is 0.407 e. The van der Waals surface area contributed by atoms with Crippen LogP contribution in [0.15, 0.2) is 0 Å². The number of nitrogens with one attached hydrogen (secondary N) is 1. The second-order valence-electron chi connectivity index (χ2n) is 5.61. The molecule has 0 bridgehead atoms. The van der Waals surface area contributed by atoms with Gasteiger partial charge in [-0.05, 0) is 20.8 Å². The highest BCUT2D eigenvalue weighted by Crippen LogP contribution is 2.05. The Morgan fingerprint density at radius 2 is 1.30 bits per heavy atom. The predicted molar refractivity (Wildman–Crippen MR) is 83.3 cm³/mol. The summed E-state index contributed by atoms with van der Waals surface area (Å²) in [5, 5.41) is 2.60. The van der Waals surface area contributed by atoms with Crippen molar-refractivity contribution < 1.29 is 33.3 Å². The molecule has 0 radical (unpaired) electrons. The lowest BCUT2D eigenvalue weighted by atomic mass is 10.2. The van der Waals surface area contributed by atoms with Crippen molar-refractivity contribution in [2.75, 3.05) is 52.8 Å². The predicted octanol–water partition coefficient (Wildman–Crippen LogP) is 1.12. The van der Waals surface area contributed by atoms with E-state index in [1.807, 2.05) is 0 Å². The number of carbonyl (C=O) groups excluding carboxylic acids is 2. The summed E-state index contributed by atoms with van der Waals surface area (Å²) in [5.41, 5.74) is -0.501. The van der Waals surface area contributed by atoms with Gasteiger partial charge in [0.1, 0.15) is 12.2 Å². The molecule has 8 heteroatoms. The fourth-order valence-corrected chi connectivity index (χ4v) is 1.33. The minimum atomic E-state index is -0.501. The molecule has 0 fully saturated rings. The molecule has 0 atom stereocenters. The maximum absolute atomic E-state index is 11.3.